The highest BCUT2D eigenvalue weighted by Gasteiger charge is 2.25. The summed E-state index contributed by atoms with van der Waals surface area (Å²) in [6, 6.07) is 11.3. The lowest BCUT2D eigenvalue weighted by Crippen LogP contribution is -2.49. The zero-order chi connectivity index (χ0) is 13.7. The predicted octanol–water partition coefficient (Wildman–Crippen LogP) is 1.11. The van der Waals surface area contributed by atoms with Crippen LogP contribution in [0.2, 0.25) is 0 Å². The first-order valence-electron chi connectivity index (χ1n) is 6.96. The second-order valence-electron chi connectivity index (χ2n) is 5.30. The van der Waals surface area contributed by atoms with Crippen LogP contribution in [0.3, 0.4) is 0 Å². The van der Waals surface area contributed by atoms with E-state index in [0.717, 1.165) is 25.9 Å². The van der Waals surface area contributed by atoms with Crippen molar-refractivity contribution in [2.24, 2.45) is 5.73 Å². The Morgan fingerprint density at radius 1 is 1.42 bits per heavy atom. The molecule has 19 heavy (non-hydrogen) atoms. The minimum Gasteiger partial charge on any atom is -0.352 e. The molecule has 1 heterocycles. The third kappa shape index (κ3) is 4.04. The molecule has 0 aromatic heterocycles. The van der Waals surface area contributed by atoms with Gasteiger partial charge in [0.2, 0.25) is 5.91 Å². The molecule has 1 amide bonds. The SMILES string of the molecule is CC1CC(NC(=O)CN)CCN1Cc1ccccc1. The van der Waals surface area contributed by atoms with Gasteiger partial charge in [-0.2, -0.15) is 0 Å². The van der Waals surface area contributed by atoms with E-state index in [4.69, 9.17) is 5.73 Å². The average molecular weight is 261 g/mol. The van der Waals surface area contributed by atoms with Gasteiger partial charge in [-0.25, -0.2) is 0 Å². The number of nitrogens with zero attached hydrogens (tertiary/aromatic N) is 1. The number of rotatable bonds is 4. The molecule has 2 rings (SSSR count). The van der Waals surface area contributed by atoms with Crippen LogP contribution in [0.25, 0.3) is 0 Å². The van der Waals surface area contributed by atoms with Crippen molar-refractivity contribution in [1.29, 1.82) is 0 Å². The zero-order valence-corrected chi connectivity index (χ0v) is 11.5. The molecule has 1 aromatic rings. The fourth-order valence-electron chi connectivity index (χ4n) is 2.69. The monoisotopic (exact) mass is 261 g/mol. The summed E-state index contributed by atoms with van der Waals surface area (Å²) in [4.78, 5) is 13.8. The number of nitrogens with two attached hydrogens (primary N) is 1. The molecule has 104 valence electrons. The second kappa shape index (κ2) is 6.68. The van der Waals surface area contributed by atoms with Gasteiger partial charge in [-0.05, 0) is 25.3 Å². The molecule has 2 atom stereocenters. The van der Waals surface area contributed by atoms with Crippen LogP contribution in [-0.2, 0) is 11.3 Å². The van der Waals surface area contributed by atoms with Crippen molar-refractivity contribution < 1.29 is 4.79 Å². The Morgan fingerprint density at radius 3 is 2.79 bits per heavy atom. The van der Waals surface area contributed by atoms with Gasteiger partial charge in [0.1, 0.15) is 0 Å². The van der Waals surface area contributed by atoms with Gasteiger partial charge < -0.3 is 11.1 Å². The maximum atomic E-state index is 11.3. The number of amides is 1. The van der Waals surface area contributed by atoms with Crippen LogP contribution >= 0.6 is 0 Å². The van der Waals surface area contributed by atoms with Gasteiger partial charge in [-0.1, -0.05) is 30.3 Å². The summed E-state index contributed by atoms with van der Waals surface area (Å²) in [5.74, 6) is -0.0475. The number of carbonyl (C=O) groups is 1. The molecule has 2 unspecified atom stereocenters. The summed E-state index contributed by atoms with van der Waals surface area (Å²) >= 11 is 0. The van der Waals surface area contributed by atoms with E-state index >= 15 is 0 Å². The minimum atomic E-state index is -0.0475. The Morgan fingerprint density at radius 2 is 2.16 bits per heavy atom. The van der Waals surface area contributed by atoms with Crippen molar-refractivity contribution in [2.45, 2.75) is 38.4 Å². The Bertz CT molecular complexity index is 407. The number of likely N-dealkylation sites (tertiary alicyclic amines) is 1. The standard InChI is InChI=1S/C15H23N3O/c1-12-9-14(17-15(19)10-16)7-8-18(12)11-13-5-3-2-4-6-13/h2-6,12,14H,7-11,16H2,1H3,(H,17,19). The van der Waals surface area contributed by atoms with E-state index in [-0.39, 0.29) is 18.5 Å². The van der Waals surface area contributed by atoms with Gasteiger partial charge in [0.05, 0.1) is 6.54 Å². The summed E-state index contributed by atoms with van der Waals surface area (Å²) in [5, 5.41) is 2.99. The first-order valence-corrected chi connectivity index (χ1v) is 6.96. The fraction of sp³-hybridized carbons (Fsp3) is 0.533. The third-order valence-corrected chi connectivity index (χ3v) is 3.79. The number of hydrogen-bond donors (Lipinski definition) is 2. The molecule has 0 spiro atoms. The van der Waals surface area contributed by atoms with E-state index in [1.54, 1.807) is 0 Å². The first-order chi connectivity index (χ1) is 9.19. The largest absolute Gasteiger partial charge is 0.352 e. The smallest absolute Gasteiger partial charge is 0.233 e. The number of hydrogen-bond acceptors (Lipinski definition) is 3. The molecule has 0 saturated carbocycles. The summed E-state index contributed by atoms with van der Waals surface area (Å²) < 4.78 is 0. The van der Waals surface area contributed by atoms with Crippen molar-refractivity contribution in [1.82, 2.24) is 10.2 Å². The molecule has 3 N–H and O–H groups in total. The molecule has 0 radical (unpaired) electrons. The van der Waals surface area contributed by atoms with Crippen molar-refractivity contribution >= 4 is 5.91 Å². The normalized spacial score (nSPS) is 24.1. The van der Waals surface area contributed by atoms with Gasteiger partial charge in [-0.15, -0.1) is 0 Å². The van der Waals surface area contributed by atoms with Crippen LogP contribution < -0.4 is 11.1 Å². The maximum absolute atomic E-state index is 11.3. The molecule has 1 fully saturated rings. The lowest BCUT2D eigenvalue weighted by atomic mass is 9.97. The maximum Gasteiger partial charge on any atom is 0.233 e. The van der Waals surface area contributed by atoms with Crippen LogP contribution in [-0.4, -0.2) is 36.0 Å². The lowest BCUT2D eigenvalue weighted by molar-refractivity contribution is -0.120. The molecule has 4 heteroatoms. The van der Waals surface area contributed by atoms with Crippen molar-refractivity contribution in [2.75, 3.05) is 13.1 Å². The molecule has 4 nitrogen and oxygen atoms in total. The quantitative estimate of drug-likeness (QED) is 0.854. The van der Waals surface area contributed by atoms with E-state index in [1.165, 1.54) is 5.56 Å². The molecule has 1 aromatic carbocycles. The van der Waals surface area contributed by atoms with Gasteiger partial charge in [0.25, 0.3) is 0 Å². The summed E-state index contributed by atoms with van der Waals surface area (Å²) in [5.41, 5.74) is 6.68. The topological polar surface area (TPSA) is 58.4 Å². The predicted molar refractivity (Wildman–Crippen MR) is 76.5 cm³/mol. The molecule has 0 aliphatic carbocycles. The fourth-order valence-corrected chi connectivity index (χ4v) is 2.69. The highest BCUT2D eigenvalue weighted by atomic mass is 16.1. The molecule has 1 aliphatic heterocycles. The summed E-state index contributed by atoms with van der Waals surface area (Å²) in [6.45, 7) is 4.31. The average Bonchev–Trinajstić information content (AvgIpc) is 2.43. The van der Waals surface area contributed by atoms with E-state index < -0.39 is 0 Å². The number of nitrogens with one attached hydrogen (secondary N) is 1. The Kier molecular flexibility index (Phi) is 4.93. The zero-order valence-electron chi connectivity index (χ0n) is 11.5. The van der Waals surface area contributed by atoms with Crippen molar-refractivity contribution in [3.8, 4) is 0 Å². The van der Waals surface area contributed by atoms with Crippen molar-refractivity contribution in [3.05, 3.63) is 35.9 Å². The molecule has 1 aliphatic rings. The van der Waals surface area contributed by atoms with Crippen molar-refractivity contribution in [3.63, 3.8) is 0 Å². The summed E-state index contributed by atoms with van der Waals surface area (Å²) in [6.07, 6.45) is 2.00. The second-order valence-corrected chi connectivity index (χ2v) is 5.30. The number of carbonyl (C=O) groups excluding carboxylic acids is 1. The van der Waals surface area contributed by atoms with Crippen LogP contribution in [0.5, 0.6) is 0 Å². The lowest BCUT2D eigenvalue weighted by Gasteiger charge is -2.38. The third-order valence-electron chi connectivity index (χ3n) is 3.79. The molecular formula is C15H23N3O. The molecule has 0 bridgehead atoms. The van der Waals surface area contributed by atoms with Gasteiger partial charge in [-0.3, -0.25) is 9.69 Å². The van der Waals surface area contributed by atoms with Crippen LogP contribution in [0, 0.1) is 0 Å². The van der Waals surface area contributed by atoms with E-state index in [2.05, 4.69) is 41.4 Å². The number of benzene rings is 1. The van der Waals surface area contributed by atoms with Gasteiger partial charge in [0, 0.05) is 25.2 Å². The van der Waals surface area contributed by atoms with Gasteiger partial charge >= 0.3 is 0 Å². The number of piperidine rings is 1. The summed E-state index contributed by atoms with van der Waals surface area (Å²) in [7, 11) is 0. The van der Waals surface area contributed by atoms with Crippen LogP contribution in [0.4, 0.5) is 0 Å². The Labute approximate surface area is 115 Å². The van der Waals surface area contributed by atoms with E-state index in [1.807, 2.05) is 6.07 Å². The minimum absolute atomic E-state index is 0.0475. The van der Waals surface area contributed by atoms with Gasteiger partial charge in [0.15, 0.2) is 0 Å². The van der Waals surface area contributed by atoms with E-state index in [9.17, 15) is 4.79 Å². The Hall–Kier alpha value is -1.39. The highest BCUT2D eigenvalue weighted by Crippen LogP contribution is 2.19. The highest BCUT2D eigenvalue weighted by molar-refractivity contribution is 5.78. The van der Waals surface area contributed by atoms with Crippen LogP contribution in [0.15, 0.2) is 30.3 Å². The van der Waals surface area contributed by atoms with Crippen LogP contribution in [0.1, 0.15) is 25.3 Å². The molecular weight excluding hydrogens is 238 g/mol. The first kappa shape index (κ1) is 14.0. The van der Waals surface area contributed by atoms with E-state index in [0.29, 0.717) is 6.04 Å². The Balaban J connectivity index is 1.85. The molecule has 1 saturated heterocycles.